The van der Waals surface area contributed by atoms with Crippen molar-refractivity contribution in [2.45, 2.75) is 56.1 Å². The van der Waals surface area contributed by atoms with Gasteiger partial charge in [0.2, 0.25) is 0 Å². The van der Waals surface area contributed by atoms with Crippen molar-refractivity contribution in [3.8, 4) is 0 Å². The molecule has 2 atom stereocenters. The summed E-state index contributed by atoms with van der Waals surface area (Å²) in [5.41, 5.74) is 2.91. The van der Waals surface area contributed by atoms with E-state index in [4.69, 9.17) is 0 Å². The number of carbonyl (C=O) groups is 1. The summed E-state index contributed by atoms with van der Waals surface area (Å²) in [6, 6.07) is 8.71. The van der Waals surface area contributed by atoms with E-state index in [1.54, 1.807) is 0 Å². The summed E-state index contributed by atoms with van der Waals surface area (Å²) < 4.78 is -0.0909. The Hall–Kier alpha value is -0.760. The first-order chi connectivity index (χ1) is 9.19. The van der Waals surface area contributed by atoms with Gasteiger partial charge in [-0.1, -0.05) is 24.3 Å². The first kappa shape index (κ1) is 13.2. The van der Waals surface area contributed by atoms with Crippen molar-refractivity contribution >= 4 is 17.5 Å². The highest BCUT2D eigenvalue weighted by atomic mass is 32.2. The van der Waals surface area contributed by atoms with Crippen molar-refractivity contribution in [3.63, 3.8) is 0 Å². The molecule has 1 aromatic rings. The predicted octanol–water partition coefficient (Wildman–Crippen LogP) is 4.35. The fourth-order valence-corrected chi connectivity index (χ4v) is 4.78. The van der Waals surface area contributed by atoms with Gasteiger partial charge in [0.15, 0.2) is 0 Å². The Morgan fingerprint density at radius 1 is 1.37 bits per heavy atom. The van der Waals surface area contributed by atoms with Crippen LogP contribution in [0.25, 0.3) is 0 Å². The molecule has 1 nitrogen and oxygen atoms in total. The minimum Gasteiger partial charge on any atom is -0.298 e. The van der Waals surface area contributed by atoms with Gasteiger partial charge in [-0.3, -0.25) is 4.79 Å². The monoisotopic (exact) mass is 274 g/mol. The van der Waals surface area contributed by atoms with Gasteiger partial charge in [0.25, 0.3) is 0 Å². The maximum Gasteiger partial charge on any atom is 0.149 e. The van der Waals surface area contributed by atoms with Crippen molar-refractivity contribution in [2.75, 3.05) is 5.75 Å². The summed E-state index contributed by atoms with van der Waals surface area (Å²) in [6.07, 6.45) is 6.63. The minimum atomic E-state index is -0.0909. The number of benzene rings is 1. The van der Waals surface area contributed by atoms with Crippen LogP contribution in [-0.2, 0) is 11.2 Å². The SMILES string of the molecule is CC1(C(=O)CC2CCCc3ccccc32)CCCS1. The van der Waals surface area contributed by atoms with Crippen LogP contribution >= 0.6 is 11.8 Å². The highest BCUT2D eigenvalue weighted by molar-refractivity contribution is 8.01. The topological polar surface area (TPSA) is 17.1 Å². The highest BCUT2D eigenvalue weighted by Gasteiger charge is 2.38. The average Bonchev–Trinajstić information content (AvgIpc) is 2.87. The summed E-state index contributed by atoms with van der Waals surface area (Å²) in [6.45, 7) is 2.15. The van der Waals surface area contributed by atoms with Gasteiger partial charge in [0.1, 0.15) is 5.78 Å². The molecule has 0 spiro atoms. The number of aryl methyl sites for hydroxylation is 1. The molecule has 1 heterocycles. The maximum absolute atomic E-state index is 12.6. The lowest BCUT2D eigenvalue weighted by atomic mass is 9.78. The molecule has 0 amide bonds. The molecule has 2 unspecified atom stereocenters. The van der Waals surface area contributed by atoms with Crippen LogP contribution in [0.4, 0.5) is 0 Å². The number of thioether (sulfide) groups is 1. The number of carbonyl (C=O) groups excluding carboxylic acids is 1. The van der Waals surface area contributed by atoms with Gasteiger partial charge in [-0.25, -0.2) is 0 Å². The zero-order chi connectivity index (χ0) is 13.3. The van der Waals surface area contributed by atoms with Crippen LogP contribution in [0.2, 0.25) is 0 Å². The fourth-order valence-electron chi connectivity index (χ4n) is 3.51. The van der Waals surface area contributed by atoms with Gasteiger partial charge in [0.05, 0.1) is 4.75 Å². The van der Waals surface area contributed by atoms with Crippen LogP contribution in [0.5, 0.6) is 0 Å². The Morgan fingerprint density at radius 2 is 2.21 bits per heavy atom. The third-order valence-corrected chi connectivity index (χ3v) is 6.30. The normalized spacial score (nSPS) is 30.1. The number of Topliss-reactive ketones (excluding diaryl/α,β-unsaturated/α-hetero) is 1. The lowest BCUT2D eigenvalue weighted by Crippen LogP contribution is -2.30. The molecule has 0 N–H and O–H groups in total. The van der Waals surface area contributed by atoms with Crippen molar-refractivity contribution in [3.05, 3.63) is 35.4 Å². The molecule has 19 heavy (non-hydrogen) atoms. The lowest BCUT2D eigenvalue weighted by Gasteiger charge is -2.28. The van der Waals surface area contributed by atoms with Crippen LogP contribution in [0, 0.1) is 0 Å². The van der Waals surface area contributed by atoms with E-state index in [0.29, 0.717) is 11.7 Å². The van der Waals surface area contributed by atoms with Gasteiger partial charge < -0.3 is 0 Å². The third kappa shape index (κ3) is 2.60. The quantitative estimate of drug-likeness (QED) is 0.815. The molecule has 2 heteroatoms. The molecule has 0 bridgehead atoms. The zero-order valence-corrected chi connectivity index (χ0v) is 12.5. The van der Waals surface area contributed by atoms with Crippen LogP contribution in [-0.4, -0.2) is 16.3 Å². The third-order valence-electron chi connectivity index (χ3n) is 4.73. The van der Waals surface area contributed by atoms with E-state index in [9.17, 15) is 4.79 Å². The van der Waals surface area contributed by atoms with E-state index in [1.807, 2.05) is 11.8 Å². The van der Waals surface area contributed by atoms with E-state index in [-0.39, 0.29) is 4.75 Å². The molecule has 3 rings (SSSR count). The molecule has 1 aliphatic heterocycles. The van der Waals surface area contributed by atoms with Crippen LogP contribution in [0.3, 0.4) is 0 Å². The molecule has 2 aliphatic rings. The van der Waals surface area contributed by atoms with E-state index in [0.717, 1.165) is 18.6 Å². The number of hydrogen-bond donors (Lipinski definition) is 0. The molecule has 0 aromatic heterocycles. The second-order valence-electron chi connectivity index (χ2n) is 6.10. The summed E-state index contributed by atoms with van der Waals surface area (Å²) in [7, 11) is 0. The Morgan fingerprint density at radius 3 is 3.00 bits per heavy atom. The van der Waals surface area contributed by atoms with Crippen LogP contribution < -0.4 is 0 Å². The second kappa shape index (κ2) is 5.32. The largest absolute Gasteiger partial charge is 0.298 e. The van der Waals surface area contributed by atoms with Gasteiger partial charge in [-0.15, -0.1) is 11.8 Å². The summed E-state index contributed by atoms with van der Waals surface area (Å²) in [4.78, 5) is 12.6. The molecule has 0 saturated carbocycles. The highest BCUT2D eigenvalue weighted by Crippen LogP contribution is 2.42. The summed E-state index contributed by atoms with van der Waals surface area (Å²) >= 11 is 1.87. The lowest BCUT2D eigenvalue weighted by molar-refractivity contribution is -0.121. The molecule has 1 saturated heterocycles. The number of fused-ring (bicyclic) bond motifs is 1. The van der Waals surface area contributed by atoms with Crippen LogP contribution in [0.1, 0.15) is 56.1 Å². The first-order valence-electron chi connectivity index (χ1n) is 7.44. The van der Waals surface area contributed by atoms with Gasteiger partial charge in [-0.2, -0.15) is 0 Å². The zero-order valence-electron chi connectivity index (χ0n) is 11.7. The number of hydrogen-bond acceptors (Lipinski definition) is 2. The summed E-state index contributed by atoms with van der Waals surface area (Å²) in [5.74, 6) is 2.11. The van der Waals surface area contributed by atoms with E-state index >= 15 is 0 Å². The van der Waals surface area contributed by atoms with E-state index in [2.05, 4.69) is 31.2 Å². The number of ketones is 1. The van der Waals surface area contributed by atoms with Crippen molar-refractivity contribution in [1.82, 2.24) is 0 Å². The van der Waals surface area contributed by atoms with E-state index < -0.39 is 0 Å². The number of rotatable bonds is 3. The Bertz CT molecular complexity index is 474. The summed E-state index contributed by atoms with van der Waals surface area (Å²) in [5, 5.41) is 0. The van der Waals surface area contributed by atoms with Crippen molar-refractivity contribution in [2.24, 2.45) is 0 Å². The molecule has 102 valence electrons. The van der Waals surface area contributed by atoms with Gasteiger partial charge in [0, 0.05) is 6.42 Å². The fraction of sp³-hybridized carbons (Fsp3) is 0.588. The minimum absolute atomic E-state index is 0.0909. The maximum atomic E-state index is 12.6. The Kier molecular flexibility index (Phi) is 3.70. The average molecular weight is 274 g/mol. The predicted molar refractivity (Wildman–Crippen MR) is 81.8 cm³/mol. The Balaban J connectivity index is 1.76. The molecular formula is C17H22OS. The van der Waals surface area contributed by atoms with E-state index in [1.165, 1.54) is 36.8 Å². The molecule has 1 fully saturated rings. The standard InChI is InChI=1S/C17H22OS/c1-17(10-5-11-19-17)16(18)12-14-8-4-7-13-6-2-3-9-15(13)14/h2-3,6,9,14H,4-5,7-8,10-12H2,1H3. The molecule has 1 aromatic carbocycles. The molecule has 1 aliphatic carbocycles. The Labute approximate surface area is 120 Å². The first-order valence-corrected chi connectivity index (χ1v) is 8.43. The second-order valence-corrected chi connectivity index (χ2v) is 7.70. The smallest absolute Gasteiger partial charge is 0.149 e. The van der Waals surface area contributed by atoms with Crippen LogP contribution in [0.15, 0.2) is 24.3 Å². The van der Waals surface area contributed by atoms with Crippen molar-refractivity contribution in [1.29, 1.82) is 0 Å². The molecule has 0 radical (unpaired) electrons. The van der Waals surface area contributed by atoms with Gasteiger partial charge in [-0.05, 0) is 61.8 Å². The van der Waals surface area contributed by atoms with Gasteiger partial charge >= 0.3 is 0 Å². The van der Waals surface area contributed by atoms with Crippen molar-refractivity contribution < 1.29 is 4.79 Å². The molecular weight excluding hydrogens is 252 g/mol.